The van der Waals surface area contributed by atoms with Crippen LogP contribution in [0.25, 0.3) is 0 Å². The highest BCUT2D eigenvalue weighted by Gasteiger charge is 2.26. The van der Waals surface area contributed by atoms with E-state index in [9.17, 15) is 8.78 Å². The number of nitriles is 1. The van der Waals surface area contributed by atoms with Crippen molar-refractivity contribution >= 4 is 5.69 Å². The van der Waals surface area contributed by atoms with Crippen molar-refractivity contribution in [3.63, 3.8) is 0 Å². The highest BCUT2D eigenvalue weighted by molar-refractivity contribution is 5.62. The number of ether oxygens (including phenoxy) is 2. The number of alkyl halides is 2. The molecule has 0 heterocycles. The first-order valence-electron chi connectivity index (χ1n) is 8.03. The number of hydrogen-bond donors (Lipinski definition) is 1. The Balaban J connectivity index is 1.83. The van der Waals surface area contributed by atoms with Crippen LogP contribution in [0.1, 0.15) is 49.0 Å². The van der Waals surface area contributed by atoms with Crippen LogP contribution in [0, 0.1) is 11.3 Å². The Morgan fingerprint density at radius 3 is 2.32 bits per heavy atom. The molecule has 3 rings (SSSR count). The average molecular weight is 344 g/mol. The minimum Gasteiger partial charge on any atom is -0.486 e. The van der Waals surface area contributed by atoms with Crippen LogP contribution in [0.15, 0.2) is 36.4 Å². The number of nitrogen functional groups attached to an aromatic ring is 1. The van der Waals surface area contributed by atoms with E-state index in [0.29, 0.717) is 22.7 Å². The Kier molecular flexibility index (Phi) is 4.75. The fraction of sp³-hybridized carbons (Fsp3) is 0.316. The van der Waals surface area contributed by atoms with Crippen molar-refractivity contribution < 1.29 is 18.3 Å². The van der Waals surface area contributed by atoms with Crippen LogP contribution in [0.2, 0.25) is 0 Å². The molecular formula is C19H18F2N2O2. The average Bonchev–Trinajstić information content (AvgIpc) is 3.41. The van der Waals surface area contributed by atoms with Crippen LogP contribution in [-0.2, 0) is 0 Å². The lowest BCUT2D eigenvalue weighted by atomic mass is 10.1. The summed E-state index contributed by atoms with van der Waals surface area (Å²) >= 11 is 0. The molecule has 2 N–H and O–H groups in total. The van der Waals surface area contributed by atoms with E-state index in [1.165, 1.54) is 12.1 Å². The van der Waals surface area contributed by atoms with Gasteiger partial charge < -0.3 is 15.2 Å². The summed E-state index contributed by atoms with van der Waals surface area (Å²) in [7, 11) is 0. The number of benzene rings is 2. The van der Waals surface area contributed by atoms with Crippen molar-refractivity contribution in [3.8, 4) is 17.6 Å². The molecule has 0 bridgehead atoms. The molecule has 130 valence electrons. The zero-order valence-corrected chi connectivity index (χ0v) is 13.7. The van der Waals surface area contributed by atoms with E-state index >= 15 is 0 Å². The van der Waals surface area contributed by atoms with Gasteiger partial charge in [-0.25, -0.2) is 8.78 Å². The molecule has 6 heteroatoms. The largest absolute Gasteiger partial charge is 0.486 e. The Bertz CT molecular complexity index is 796. The predicted molar refractivity (Wildman–Crippen MR) is 89.7 cm³/mol. The number of hydrogen-bond acceptors (Lipinski definition) is 4. The van der Waals surface area contributed by atoms with Crippen LogP contribution < -0.4 is 15.2 Å². The third kappa shape index (κ3) is 4.00. The van der Waals surface area contributed by atoms with E-state index in [2.05, 4.69) is 0 Å². The lowest BCUT2D eigenvalue weighted by molar-refractivity contribution is 0.151. The first kappa shape index (κ1) is 17.0. The summed E-state index contributed by atoms with van der Waals surface area (Å²) < 4.78 is 37.1. The molecule has 1 saturated carbocycles. The highest BCUT2D eigenvalue weighted by Crippen LogP contribution is 2.38. The topological polar surface area (TPSA) is 68.3 Å². The molecule has 2 aromatic rings. The smallest absolute Gasteiger partial charge is 0.263 e. The maximum Gasteiger partial charge on any atom is 0.263 e. The third-order valence-electron chi connectivity index (χ3n) is 4.02. The highest BCUT2D eigenvalue weighted by atomic mass is 19.3. The van der Waals surface area contributed by atoms with Gasteiger partial charge in [-0.2, -0.15) is 5.26 Å². The Labute approximate surface area is 144 Å². The maximum atomic E-state index is 12.7. The van der Waals surface area contributed by atoms with Gasteiger partial charge in [-0.15, -0.1) is 0 Å². The van der Waals surface area contributed by atoms with Crippen molar-refractivity contribution in [1.82, 2.24) is 0 Å². The second-order valence-corrected chi connectivity index (χ2v) is 6.04. The first-order valence-corrected chi connectivity index (χ1v) is 8.03. The lowest BCUT2D eigenvalue weighted by Crippen LogP contribution is -2.07. The predicted octanol–water partition coefficient (Wildman–Crippen LogP) is 4.76. The maximum absolute atomic E-state index is 12.7. The molecule has 0 spiro atoms. The fourth-order valence-corrected chi connectivity index (χ4v) is 2.39. The van der Waals surface area contributed by atoms with E-state index in [0.717, 1.165) is 18.4 Å². The molecular weight excluding hydrogens is 326 g/mol. The number of rotatable bonds is 6. The zero-order chi connectivity index (χ0) is 18.0. The van der Waals surface area contributed by atoms with Crippen molar-refractivity contribution in [3.05, 3.63) is 53.1 Å². The third-order valence-corrected chi connectivity index (χ3v) is 4.02. The van der Waals surface area contributed by atoms with Crippen LogP contribution in [0.3, 0.4) is 0 Å². The molecule has 0 amide bonds. The SMILES string of the molecule is CC(Oc1cc(C#N)c(N)cc1OC1CC1)c1ccc(C(F)F)cc1. The van der Waals surface area contributed by atoms with Gasteiger partial charge in [0, 0.05) is 17.7 Å². The lowest BCUT2D eigenvalue weighted by Gasteiger charge is -2.19. The molecule has 0 radical (unpaired) electrons. The normalized spacial score (nSPS) is 14.8. The zero-order valence-electron chi connectivity index (χ0n) is 13.7. The van der Waals surface area contributed by atoms with Gasteiger partial charge in [0.2, 0.25) is 0 Å². The number of nitrogens with zero attached hydrogens (tertiary/aromatic N) is 1. The van der Waals surface area contributed by atoms with Crippen LogP contribution in [0.5, 0.6) is 11.5 Å². The summed E-state index contributed by atoms with van der Waals surface area (Å²) in [5, 5.41) is 9.16. The number of anilines is 1. The molecule has 0 aromatic heterocycles. The van der Waals surface area contributed by atoms with Gasteiger partial charge in [0.25, 0.3) is 6.43 Å². The van der Waals surface area contributed by atoms with Crippen molar-refractivity contribution in [1.29, 1.82) is 5.26 Å². The van der Waals surface area contributed by atoms with Crippen molar-refractivity contribution in [2.24, 2.45) is 0 Å². The van der Waals surface area contributed by atoms with Crippen molar-refractivity contribution in [2.75, 3.05) is 5.73 Å². The minimum absolute atomic E-state index is 0.0343. The molecule has 2 aromatic carbocycles. The Morgan fingerprint density at radius 1 is 1.12 bits per heavy atom. The molecule has 1 aliphatic rings. The molecule has 1 unspecified atom stereocenters. The fourth-order valence-electron chi connectivity index (χ4n) is 2.39. The monoisotopic (exact) mass is 344 g/mol. The van der Waals surface area contributed by atoms with Gasteiger partial charge in [0.1, 0.15) is 12.2 Å². The van der Waals surface area contributed by atoms with E-state index in [-0.39, 0.29) is 11.7 Å². The van der Waals surface area contributed by atoms with Gasteiger partial charge in [-0.05, 0) is 25.3 Å². The van der Waals surface area contributed by atoms with E-state index in [4.69, 9.17) is 20.5 Å². The van der Waals surface area contributed by atoms with Crippen LogP contribution >= 0.6 is 0 Å². The molecule has 4 nitrogen and oxygen atoms in total. The molecule has 0 saturated heterocycles. The number of halogens is 2. The quantitative estimate of drug-likeness (QED) is 0.767. The molecule has 0 aliphatic heterocycles. The summed E-state index contributed by atoms with van der Waals surface area (Å²) in [5.74, 6) is 0.915. The second-order valence-electron chi connectivity index (χ2n) is 6.04. The van der Waals surface area contributed by atoms with Gasteiger partial charge >= 0.3 is 0 Å². The van der Waals surface area contributed by atoms with Crippen LogP contribution in [0.4, 0.5) is 14.5 Å². The van der Waals surface area contributed by atoms with E-state index in [1.807, 2.05) is 6.07 Å². The molecule has 1 fully saturated rings. The Hall–Kier alpha value is -2.81. The van der Waals surface area contributed by atoms with Crippen LogP contribution in [-0.4, -0.2) is 6.10 Å². The summed E-state index contributed by atoms with van der Waals surface area (Å²) in [5.41, 5.74) is 7.20. The van der Waals surface area contributed by atoms with E-state index in [1.54, 1.807) is 31.2 Å². The number of nitrogens with two attached hydrogens (primary N) is 1. The first-order chi connectivity index (χ1) is 12.0. The van der Waals surface area contributed by atoms with E-state index < -0.39 is 12.5 Å². The van der Waals surface area contributed by atoms with Gasteiger partial charge in [0.15, 0.2) is 11.5 Å². The van der Waals surface area contributed by atoms with Crippen molar-refractivity contribution in [2.45, 2.75) is 38.4 Å². The molecule has 1 atom stereocenters. The molecule has 25 heavy (non-hydrogen) atoms. The van der Waals surface area contributed by atoms with Gasteiger partial charge in [0.05, 0.1) is 17.4 Å². The second kappa shape index (κ2) is 6.98. The standard InChI is InChI=1S/C19H18F2N2O2/c1-11(12-2-4-13(5-3-12)19(20)21)24-17-8-14(10-22)16(23)9-18(17)25-15-6-7-15/h2-5,8-9,11,15,19H,6-7,23H2,1H3. The summed E-state index contributed by atoms with van der Waals surface area (Å²) in [6.45, 7) is 1.81. The minimum atomic E-state index is -2.50. The Morgan fingerprint density at radius 2 is 1.76 bits per heavy atom. The van der Waals surface area contributed by atoms with Gasteiger partial charge in [-0.1, -0.05) is 24.3 Å². The summed E-state index contributed by atoms with van der Waals surface area (Å²) in [6.07, 6.45) is -0.800. The summed E-state index contributed by atoms with van der Waals surface area (Å²) in [4.78, 5) is 0. The molecule has 1 aliphatic carbocycles. The van der Waals surface area contributed by atoms with Gasteiger partial charge in [-0.3, -0.25) is 0 Å². The summed E-state index contributed by atoms with van der Waals surface area (Å²) in [6, 6.07) is 11.1.